The number of hydrogen-bond donors (Lipinski definition) is 0. The fourth-order valence-corrected chi connectivity index (χ4v) is 9.14. The molecule has 2 atom stereocenters. The molecule has 0 unspecified atom stereocenters. The summed E-state index contributed by atoms with van der Waals surface area (Å²) in [6, 6.07) is 20.9. The Morgan fingerprint density at radius 1 is 0.875 bits per heavy atom. The van der Waals surface area contributed by atoms with Crippen LogP contribution in [0, 0.1) is 16.7 Å². The molecule has 0 amide bonds. The number of rotatable bonds is 5. The van der Waals surface area contributed by atoms with E-state index in [2.05, 4.69) is 62.4 Å². The van der Waals surface area contributed by atoms with Crippen molar-refractivity contribution >= 4 is 15.8 Å². The number of ketones is 1. The normalized spacial score (nSPS) is 29.3. The summed E-state index contributed by atoms with van der Waals surface area (Å²) in [5, 5.41) is 0. The van der Waals surface area contributed by atoms with Gasteiger partial charge in [-0.1, -0.05) is 74.5 Å². The number of sulfonamides is 1. The molecule has 0 aromatic heterocycles. The number of nitrogens with zero attached hydrogens (tertiary/aromatic N) is 1. The van der Waals surface area contributed by atoms with E-state index in [4.69, 9.17) is 0 Å². The predicted molar refractivity (Wildman–Crippen MR) is 127 cm³/mol. The zero-order valence-electron chi connectivity index (χ0n) is 19.1. The van der Waals surface area contributed by atoms with Crippen LogP contribution >= 0.6 is 0 Å². The van der Waals surface area contributed by atoms with Gasteiger partial charge in [0.05, 0.1) is 5.75 Å². The highest BCUT2D eigenvalue weighted by Crippen LogP contribution is 2.64. The van der Waals surface area contributed by atoms with Gasteiger partial charge >= 0.3 is 0 Å². The Kier molecular flexibility index (Phi) is 5.14. The molecule has 4 nitrogen and oxygen atoms in total. The number of Topliss-reactive ketones (excluding diaryl/α,β-unsaturated/α-hetero) is 1. The van der Waals surface area contributed by atoms with Crippen LogP contribution in [0.1, 0.15) is 57.1 Å². The van der Waals surface area contributed by atoms with Crippen molar-refractivity contribution in [1.82, 2.24) is 4.31 Å². The van der Waals surface area contributed by atoms with E-state index in [0.29, 0.717) is 31.8 Å². The largest absolute Gasteiger partial charge is 0.299 e. The minimum atomic E-state index is -3.52. The van der Waals surface area contributed by atoms with Crippen LogP contribution in [0.4, 0.5) is 0 Å². The molecule has 2 bridgehead atoms. The molecule has 32 heavy (non-hydrogen) atoms. The number of piperidine rings is 1. The molecule has 0 radical (unpaired) electrons. The van der Waals surface area contributed by atoms with Gasteiger partial charge in [-0.2, -0.15) is 0 Å². The van der Waals surface area contributed by atoms with Crippen molar-refractivity contribution in [2.45, 2.75) is 51.4 Å². The summed E-state index contributed by atoms with van der Waals surface area (Å²) in [5.74, 6) is 0.476. The van der Waals surface area contributed by atoms with Gasteiger partial charge in [-0.3, -0.25) is 4.79 Å². The van der Waals surface area contributed by atoms with Gasteiger partial charge in [0.25, 0.3) is 0 Å². The van der Waals surface area contributed by atoms with Gasteiger partial charge in [0.2, 0.25) is 10.0 Å². The lowest BCUT2D eigenvalue weighted by Crippen LogP contribution is -2.50. The fraction of sp³-hybridized carbons (Fsp3) is 0.519. The summed E-state index contributed by atoms with van der Waals surface area (Å²) in [7, 11) is -3.52. The molecular weight excluding hydrogens is 418 g/mol. The summed E-state index contributed by atoms with van der Waals surface area (Å²) in [6.07, 6.45) is 3.72. The van der Waals surface area contributed by atoms with E-state index in [0.717, 1.165) is 19.3 Å². The maximum absolute atomic E-state index is 13.6. The molecule has 2 saturated carbocycles. The van der Waals surface area contributed by atoms with E-state index in [-0.39, 0.29) is 22.4 Å². The van der Waals surface area contributed by atoms with Gasteiger partial charge in [-0.15, -0.1) is 0 Å². The molecule has 0 spiro atoms. The second kappa shape index (κ2) is 7.53. The first-order chi connectivity index (χ1) is 15.2. The van der Waals surface area contributed by atoms with Gasteiger partial charge in [0.15, 0.2) is 0 Å². The highest BCUT2D eigenvalue weighted by Gasteiger charge is 2.65. The van der Waals surface area contributed by atoms with E-state index >= 15 is 0 Å². The summed E-state index contributed by atoms with van der Waals surface area (Å²) >= 11 is 0. The first-order valence-corrected chi connectivity index (χ1v) is 13.4. The maximum Gasteiger partial charge on any atom is 0.215 e. The number of carbonyl (C=O) groups is 1. The van der Waals surface area contributed by atoms with Gasteiger partial charge in [-0.05, 0) is 48.1 Å². The van der Waals surface area contributed by atoms with Crippen LogP contribution in [0.5, 0.6) is 0 Å². The average Bonchev–Trinajstić information content (AvgIpc) is 3.14. The molecule has 170 valence electrons. The third kappa shape index (κ3) is 3.12. The van der Waals surface area contributed by atoms with Gasteiger partial charge in [0, 0.05) is 30.3 Å². The number of benzene rings is 2. The quantitative estimate of drug-likeness (QED) is 0.657. The molecule has 5 heteroatoms. The number of fused-ring (bicyclic) bond motifs is 2. The Labute approximate surface area is 192 Å². The Morgan fingerprint density at radius 2 is 1.41 bits per heavy atom. The Morgan fingerprint density at radius 3 is 1.84 bits per heavy atom. The second-order valence-electron chi connectivity index (χ2n) is 10.6. The van der Waals surface area contributed by atoms with Crippen LogP contribution in [0.3, 0.4) is 0 Å². The van der Waals surface area contributed by atoms with Crippen molar-refractivity contribution in [3.05, 3.63) is 71.8 Å². The van der Waals surface area contributed by atoms with E-state index in [9.17, 15) is 13.2 Å². The molecule has 0 N–H and O–H groups in total. The lowest BCUT2D eigenvalue weighted by Gasteiger charge is -2.44. The minimum absolute atomic E-state index is 0.0218. The summed E-state index contributed by atoms with van der Waals surface area (Å²) < 4.78 is 28.9. The van der Waals surface area contributed by atoms with Gasteiger partial charge < -0.3 is 0 Å². The molecule has 2 aromatic carbocycles. The molecular formula is C27H33NO3S. The SMILES string of the molecule is CC1(C)[C@@H]2CC[C@@]1(CS(=O)(=O)N1CCC(c3ccccc3)(c3ccccc3)CC1)C(=O)C2. The fourth-order valence-electron chi connectivity index (χ4n) is 6.92. The summed E-state index contributed by atoms with van der Waals surface area (Å²) in [6.45, 7) is 5.19. The molecule has 2 aliphatic carbocycles. The highest BCUT2D eigenvalue weighted by atomic mass is 32.2. The van der Waals surface area contributed by atoms with Crippen LogP contribution in [0.15, 0.2) is 60.7 Å². The lowest BCUT2D eigenvalue weighted by atomic mass is 9.68. The predicted octanol–water partition coefficient (Wildman–Crippen LogP) is 4.79. The third-order valence-corrected chi connectivity index (χ3v) is 11.2. The van der Waals surface area contributed by atoms with Gasteiger partial charge in [0.1, 0.15) is 5.78 Å². The number of carbonyl (C=O) groups excluding carboxylic acids is 1. The van der Waals surface area contributed by atoms with Crippen molar-refractivity contribution in [1.29, 1.82) is 0 Å². The first kappa shape index (κ1) is 21.8. The van der Waals surface area contributed by atoms with Crippen molar-refractivity contribution in [2.24, 2.45) is 16.7 Å². The van der Waals surface area contributed by atoms with Crippen molar-refractivity contribution in [3.63, 3.8) is 0 Å². The van der Waals surface area contributed by atoms with Crippen molar-refractivity contribution in [3.8, 4) is 0 Å². The monoisotopic (exact) mass is 451 g/mol. The molecule has 2 aromatic rings. The van der Waals surface area contributed by atoms with Crippen LogP contribution < -0.4 is 0 Å². The minimum Gasteiger partial charge on any atom is -0.299 e. The molecule has 1 heterocycles. The van der Waals surface area contributed by atoms with E-state index in [1.165, 1.54) is 11.1 Å². The second-order valence-corrected chi connectivity index (χ2v) is 12.6. The number of hydrogen-bond acceptors (Lipinski definition) is 3. The first-order valence-electron chi connectivity index (χ1n) is 11.8. The Bertz CT molecular complexity index is 1060. The summed E-state index contributed by atoms with van der Waals surface area (Å²) in [4.78, 5) is 12.9. The van der Waals surface area contributed by atoms with Gasteiger partial charge in [-0.25, -0.2) is 12.7 Å². The molecule has 5 rings (SSSR count). The van der Waals surface area contributed by atoms with Crippen LogP contribution in [0.25, 0.3) is 0 Å². The van der Waals surface area contributed by atoms with E-state index < -0.39 is 15.4 Å². The standard InChI is InChI=1S/C27H33NO3S/c1-25(2)23-13-14-27(25,24(29)19-23)20-32(30,31)28-17-15-26(16-18-28,21-9-5-3-6-10-21)22-11-7-4-8-12-22/h3-12,23H,13-20H2,1-2H3/t23-,27-/m1/s1. The van der Waals surface area contributed by atoms with Crippen LogP contribution in [-0.2, 0) is 20.2 Å². The van der Waals surface area contributed by atoms with Crippen LogP contribution in [0.2, 0.25) is 0 Å². The average molecular weight is 452 g/mol. The Hall–Kier alpha value is -1.98. The zero-order chi connectivity index (χ0) is 22.6. The smallest absolute Gasteiger partial charge is 0.215 e. The summed E-state index contributed by atoms with van der Waals surface area (Å²) in [5.41, 5.74) is 1.36. The zero-order valence-corrected chi connectivity index (χ0v) is 19.9. The Balaban J connectivity index is 1.41. The van der Waals surface area contributed by atoms with Crippen molar-refractivity contribution in [2.75, 3.05) is 18.8 Å². The molecule has 3 fully saturated rings. The molecule has 3 aliphatic rings. The van der Waals surface area contributed by atoms with E-state index in [1.807, 2.05) is 12.1 Å². The molecule has 1 aliphatic heterocycles. The van der Waals surface area contributed by atoms with Crippen molar-refractivity contribution < 1.29 is 13.2 Å². The lowest BCUT2D eigenvalue weighted by molar-refractivity contribution is -0.128. The van der Waals surface area contributed by atoms with E-state index in [1.54, 1.807) is 4.31 Å². The maximum atomic E-state index is 13.6. The third-order valence-electron chi connectivity index (χ3n) is 9.19. The highest BCUT2D eigenvalue weighted by molar-refractivity contribution is 7.89. The van der Waals surface area contributed by atoms with Crippen LogP contribution in [-0.4, -0.2) is 37.3 Å². The topological polar surface area (TPSA) is 54.5 Å². The molecule has 1 saturated heterocycles.